The Balaban J connectivity index is 2.48. The molecule has 0 atom stereocenters. The number of fused-ring (bicyclic) bond motifs is 1. The zero-order valence-electron chi connectivity index (χ0n) is 12.2. The van der Waals surface area contributed by atoms with E-state index in [0.717, 1.165) is 5.39 Å². The molecule has 0 unspecified atom stereocenters. The van der Waals surface area contributed by atoms with Gasteiger partial charge in [0.15, 0.2) is 0 Å². The first kappa shape index (κ1) is 18.5. The number of aliphatic imine (C=N–C) groups is 1. The Labute approximate surface area is 136 Å². The summed E-state index contributed by atoms with van der Waals surface area (Å²) >= 11 is 0. The van der Waals surface area contributed by atoms with Gasteiger partial charge < -0.3 is 5.11 Å². The van der Waals surface area contributed by atoms with Crippen LogP contribution in [0.15, 0.2) is 58.8 Å². The average molecular weight is 361 g/mol. The van der Waals surface area contributed by atoms with Crippen LogP contribution in [0.1, 0.15) is 0 Å². The lowest BCUT2D eigenvalue weighted by molar-refractivity contribution is -0.167. The molecule has 0 spiro atoms. The number of rotatable bonds is 3. The Morgan fingerprint density at radius 2 is 1.52 bits per heavy atom. The number of aliphatic hydroxyl groups is 1. The van der Waals surface area contributed by atoms with E-state index in [1.54, 1.807) is 30.3 Å². The maximum absolute atomic E-state index is 12.5. The number of Topliss-reactive ketones (excluding diaryl/α,β-unsaturated/α-hetero) is 1. The first-order valence-electron chi connectivity index (χ1n) is 6.65. The summed E-state index contributed by atoms with van der Waals surface area (Å²) in [6.07, 6.45) is -11.1. The van der Waals surface area contributed by atoms with Crippen LogP contribution >= 0.6 is 0 Å². The minimum Gasteiger partial charge on any atom is -0.504 e. The van der Waals surface area contributed by atoms with E-state index in [1.165, 1.54) is 12.1 Å². The van der Waals surface area contributed by atoms with Crippen LogP contribution in [0.5, 0.6) is 0 Å². The van der Waals surface area contributed by atoms with Crippen molar-refractivity contribution in [3.63, 3.8) is 0 Å². The van der Waals surface area contributed by atoms with Crippen LogP contribution in [0.25, 0.3) is 10.8 Å². The highest BCUT2D eigenvalue weighted by molar-refractivity contribution is 6.16. The SMILES string of the molecule is O=C(/C(C=Nc1ccc2ccccc2c1)=C(/O)C(F)(F)F)C(F)(F)F. The Morgan fingerprint density at radius 1 is 0.920 bits per heavy atom. The third-order valence-corrected chi connectivity index (χ3v) is 3.10. The van der Waals surface area contributed by atoms with Crippen LogP contribution in [0.4, 0.5) is 32.0 Å². The second-order valence-corrected chi connectivity index (χ2v) is 4.88. The summed E-state index contributed by atoms with van der Waals surface area (Å²) in [7, 11) is 0. The Hall–Kier alpha value is -2.84. The number of nitrogens with zero attached hydrogens (tertiary/aromatic N) is 1. The monoisotopic (exact) mass is 361 g/mol. The molecule has 9 heteroatoms. The van der Waals surface area contributed by atoms with Gasteiger partial charge in [-0.05, 0) is 22.9 Å². The van der Waals surface area contributed by atoms with Crippen molar-refractivity contribution in [3.05, 3.63) is 53.8 Å². The molecular formula is C16H9F6NO2. The highest BCUT2D eigenvalue weighted by Gasteiger charge is 2.46. The molecule has 0 saturated heterocycles. The molecule has 0 heterocycles. The molecule has 0 radical (unpaired) electrons. The molecule has 0 fully saturated rings. The lowest BCUT2D eigenvalue weighted by atomic mass is 10.1. The number of hydrogen-bond donors (Lipinski definition) is 1. The summed E-state index contributed by atoms with van der Waals surface area (Å²) in [5.74, 6) is -5.49. The maximum Gasteiger partial charge on any atom is 0.455 e. The standard InChI is InChI=1S/C16H9F6NO2/c17-15(18,19)13(24)12(14(25)16(20,21)22)8-23-11-6-5-9-3-1-2-4-10(9)7-11/h1-8,24H/b13-12+,23-8?. The number of hydrogen-bond acceptors (Lipinski definition) is 3. The number of carbonyl (C=O) groups excluding carboxylic acids is 1. The molecule has 0 bridgehead atoms. The van der Waals surface area contributed by atoms with E-state index in [2.05, 4.69) is 4.99 Å². The van der Waals surface area contributed by atoms with E-state index in [1.807, 2.05) is 0 Å². The van der Waals surface area contributed by atoms with Crippen molar-refractivity contribution in [1.29, 1.82) is 0 Å². The molecule has 0 aliphatic heterocycles. The van der Waals surface area contributed by atoms with Crippen molar-refractivity contribution in [2.45, 2.75) is 12.4 Å². The molecule has 1 N–H and O–H groups in total. The van der Waals surface area contributed by atoms with Gasteiger partial charge in [0.1, 0.15) is 0 Å². The Morgan fingerprint density at radius 3 is 2.08 bits per heavy atom. The van der Waals surface area contributed by atoms with Gasteiger partial charge in [-0.3, -0.25) is 9.79 Å². The minimum absolute atomic E-state index is 0.0150. The summed E-state index contributed by atoms with van der Waals surface area (Å²) < 4.78 is 74.9. The quantitative estimate of drug-likeness (QED) is 0.360. The van der Waals surface area contributed by atoms with Gasteiger partial charge in [-0.1, -0.05) is 30.3 Å². The zero-order chi connectivity index (χ0) is 18.8. The number of benzene rings is 2. The van der Waals surface area contributed by atoms with Crippen molar-refractivity contribution in [2.75, 3.05) is 0 Å². The molecule has 0 saturated carbocycles. The molecule has 0 aromatic heterocycles. The molecule has 0 aliphatic carbocycles. The molecule has 3 nitrogen and oxygen atoms in total. The summed E-state index contributed by atoms with van der Waals surface area (Å²) in [4.78, 5) is 14.6. The molecule has 2 rings (SSSR count). The second kappa shape index (κ2) is 6.58. The predicted molar refractivity (Wildman–Crippen MR) is 78.9 cm³/mol. The first-order chi connectivity index (χ1) is 11.5. The van der Waals surface area contributed by atoms with Gasteiger partial charge in [0.05, 0.1) is 11.3 Å². The highest BCUT2D eigenvalue weighted by Crippen LogP contribution is 2.30. The van der Waals surface area contributed by atoms with Gasteiger partial charge in [0, 0.05) is 6.21 Å². The number of ketones is 1. The van der Waals surface area contributed by atoms with Crippen LogP contribution in [-0.4, -0.2) is 29.5 Å². The fourth-order valence-electron chi connectivity index (χ4n) is 1.93. The van der Waals surface area contributed by atoms with Crippen LogP contribution in [0.3, 0.4) is 0 Å². The summed E-state index contributed by atoms with van der Waals surface area (Å²) in [6.45, 7) is 0. The summed E-state index contributed by atoms with van der Waals surface area (Å²) in [5.41, 5.74) is -1.96. The molecular weight excluding hydrogens is 352 g/mol. The minimum atomic E-state index is -5.59. The normalized spacial score (nSPS) is 14.0. The fraction of sp³-hybridized carbons (Fsp3) is 0.125. The van der Waals surface area contributed by atoms with Gasteiger partial charge >= 0.3 is 12.4 Å². The van der Waals surface area contributed by atoms with E-state index in [-0.39, 0.29) is 11.9 Å². The smallest absolute Gasteiger partial charge is 0.455 e. The average Bonchev–Trinajstić information content (AvgIpc) is 2.52. The molecule has 0 aliphatic rings. The van der Waals surface area contributed by atoms with Crippen molar-refractivity contribution >= 4 is 28.5 Å². The number of allylic oxidation sites excluding steroid dienone is 2. The van der Waals surface area contributed by atoms with Crippen molar-refractivity contribution in [3.8, 4) is 0 Å². The fourth-order valence-corrected chi connectivity index (χ4v) is 1.93. The van der Waals surface area contributed by atoms with Crippen LogP contribution in [0.2, 0.25) is 0 Å². The van der Waals surface area contributed by atoms with Crippen molar-refractivity contribution < 1.29 is 36.2 Å². The summed E-state index contributed by atoms with van der Waals surface area (Å²) in [6, 6.07) is 11.2. The highest BCUT2D eigenvalue weighted by atomic mass is 19.4. The zero-order valence-corrected chi connectivity index (χ0v) is 12.2. The van der Waals surface area contributed by atoms with E-state index >= 15 is 0 Å². The molecule has 2 aromatic carbocycles. The van der Waals surface area contributed by atoms with Crippen LogP contribution in [-0.2, 0) is 4.79 Å². The van der Waals surface area contributed by atoms with E-state index in [4.69, 9.17) is 5.11 Å². The topological polar surface area (TPSA) is 49.7 Å². The second-order valence-electron chi connectivity index (χ2n) is 4.88. The number of halogens is 6. The third-order valence-electron chi connectivity index (χ3n) is 3.10. The Kier molecular flexibility index (Phi) is 4.87. The summed E-state index contributed by atoms with van der Waals surface area (Å²) in [5, 5.41) is 10.4. The Bertz CT molecular complexity index is 865. The van der Waals surface area contributed by atoms with E-state index in [0.29, 0.717) is 5.39 Å². The van der Waals surface area contributed by atoms with Crippen molar-refractivity contribution in [2.24, 2.45) is 4.99 Å². The number of alkyl halides is 6. The van der Waals surface area contributed by atoms with Crippen LogP contribution in [0, 0.1) is 0 Å². The van der Waals surface area contributed by atoms with Gasteiger partial charge in [0.2, 0.25) is 5.76 Å². The third kappa shape index (κ3) is 4.37. The molecule has 2 aromatic rings. The molecule has 132 valence electrons. The lowest BCUT2D eigenvalue weighted by Crippen LogP contribution is -2.29. The van der Waals surface area contributed by atoms with Crippen molar-refractivity contribution in [1.82, 2.24) is 0 Å². The number of carbonyl (C=O) groups is 1. The predicted octanol–water partition coefficient (Wildman–Crippen LogP) is 5.05. The maximum atomic E-state index is 12.5. The lowest BCUT2D eigenvalue weighted by Gasteiger charge is -2.11. The van der Waals surface area contributed by atoms with Gasteiger partial charge in [-0.25, -0.2) is 0 Å². The van der Waals surface area contributed by atoms with E-state index in [9.17, 15) is 31.1 Å². The van der Waals surface area contributed by atoms with Gasteiger partial charge in [-0.15, -0.1) is 0 Å². The largest absolute Gasteiger partial charge is 0.504 e. The van der Waals surface area contributed by atoms with Gasteiger partial charge in [0.25, 0.3) is 5.78 Å². The number of aliphatic hydroxyl groups excluding tert-OH is 1. The first-order valence-corrected chi connectivity index (χ1v) is 6.65. The molecule has 0 amide bonds. The van der Waals surface area contributed by atoms with Gasteiger partial charge in [-0.2, -0.15) is 26.3 Å². The molecule has 25 heavy (non-hydrogen) atoms. The van der Waals surface area contributed by atoms with E-state index < -0.39 is 29.5 Å². The van der Waals surface area contributed by atoms with Crippen LogP contribution < -0.4 is 0 Å².